The molecule has 22 heavy (non-hydrogen) atoms. The van der Waals surface area contributed by atoms with Crippen molar-refractivity contribution in [3.63, 3.8) is 0 Å². The Bertz CT molecular complexity index is 491. The van der Waals surface area contributed by atoms with E-state index >= 15 is 0 Å². The van der Waals surface area contributed by atoms with Crippen molar-refractivity contribution >= 4 is 17.7 Å². The van der Waals surface area contributed by atoms with E-state index < -0.39 is 0 Å². The van der Waals surface area contributed by atoms with Crippen LogP contribution < -0.4 is 0 Å². The molecule has 0 bridgehead atoms. The standard InChI is InChI=1S/C17H23NO3S/c1-13-2-4-15(5-3-13)22-12-16(19)18-8-6-14(7-9-18)17-20-10-11-21-17/h2-5,14,17H,6-12H2,1H3. The van der Waals surface area contributed by atoms with Gasteiger partial charge in [-0.1, -0.05) is 17.7 Å². The van der Waals surface area contributed by atoms with E-state index in [0.717, 1.165) is 30.8 Å². The SMILES string of the molecule is Cc1ccc(SCC(=O)N2CCC(C3OCCO3)CC2)cc1. The van der Waals surface area contributed by atoms with Crippen LogP contribution in [0.2, 0.25) is 0 Å². The number of thioether (sulfide) groups is 1. The molecule has 1 aromatic carbocycles. The van der Waals surface area contributed by atoms with Gasteiger partial charge in [-0.3, -0.25) is 4.79 Å². The van der Waals surface area contributed by atoms with Gasteiger partial charge in [0.05, 0.1) is 19.0 Å². The predicted octanol–water partition coefficient (Wildman–Crippen LogP) is 2.70. The molecule has 0 N–H and O–H groups in total. The summed E-state index contributed by atoms with van der Waals surface area (Å²) in [5.74, 6) is 1.19. The van der Waals surface area contributed by atoms with E-state index in [1.165, 1.54) is 5.56 Å². The summed E-state index contributed by atoms with van der Waals surface area (Å²) in [7, 11) is 0. The second-order valence-corrected chi connectivity index (χ2v) is 6.98. The van der Waals surface area contributed by atoms with Crippen molar-refractivity contribution in [3.8, 4) is 0 Å². The highest BCUT2D eigenvalue weighted by atomic mass is 32.2. The Morgan fingerprint density at radius 3 is 2.45 bits per heavy atom. The molecule has 3 rings (SSSR count). The summed E-state index contributed by atoms with van der Waals surface area (Å²) in [6.07, 6.45) is 1.91. The lowest BCUT2D eigenvalue weighted by Crippen LogP contribution is -2.42. The number of rotatable bonds is 4. The molecule has 0 aliphatic carbocycles. The van der Waals surface area contributed by atoms with Gasteiger partial charge in [0.25, 0.3) is 0 Å². The van der Waals surface area contributed by atoms with Crippen LogP contribution in [0.15, 0.2) is 29.2 Å². The molecule has 2 heterocycles. The average Bonchev–Trinajstić information content (AvgIpc) is 3.09. The van der Waals surface area contributed by atoms with Gasteiger partial charge in [-0.15, -0.1) is 11.8 Å². The van der Waals surface area contributed by atoms with Gasteiger partial charge < -0.3 is 14.4 Å². The zero-order valence-corrected chi connectivity index (χ0v) is 13.8. The molecule has 5 heteroatoms. The Morgan fingerprint density at radius 1 is 1.18 bits per heavy atom. The molecule has 2 saturated heterocycles. The number of likely N-dealkylation sites (tertiary alicyclic amines) is 1. The molecule has 1 amide bonds. The molecule has 2 aliphatic heterocycles. The van der Waals surface area contributed by atoms with Crippen molar-refractivity contribution in [1.82, 2.24) is 4.90 Å². The lowest BCUT2D eigenvalue weighted by molar-refractivity contribution is -0.134. The minimum atomic E-state index is -0.0424. The molecular formula is C17H23NO3S. The predicted molar refractivity (Wildman–Crippen MR) is 86.9 cm³/mol. The molecule has 120 valence electrons. The maximum Gasteiger partial charge on any atom is 0.232 e. The second kappa shape index (κ2) is 7.49. The van der Waals surface area contributed by atoms with Gasteiger partial charge in [-0.25, -0.2) is 0 Å². The topological polar surface area (TPSA) is 38.8 Å². The van der Waals surface area contributed by atoms with Crippen molar-refractivity contribution in [2.45, 2.75) is 31.0 Å². The Balaban J connectivity index is 1.42. The summed E-state index contributed by atoms with van der Waals surface area (Å²) in [4.78, 5) is 15.4. The highest BCUT2D eigenvalue weighted by Crippen LogP contribution is 2.26. The van der Waals surface area contributed by atoms with Crippen LogP contribution in [0.5, 0.6) is 0 Å². The third-order valence-electron chi connectivity index (χ3n) is 4.31. The van der Waals surface area contributed by atoms with Crippen LogP contribution in [0.25, 0.3) is 0 Å². The van der Waals surface area contributed by atoms with Crippen molar-refractivity contribution < 1.29 is 14.3 Å². The van der Waals surface area contributed by atoms with Gasteiger partial charge in [0.1, 0.15) is 0 Å². The summed E-state index contributed by atoms with van der Waals surface area (Å²) in [5, 5.41) is 0. The summed E-state index contributed by atoms with van der Waals surface area (Å²) < 4.78 is 11.1. The number of hydrogen-bond acceptors (Lipinski definition) is 4. The number of piperidine rings is 1. The van der Waals surface area contributed by atoms with Crippen LogP contribution in [0.4, 0.5) is 0 Å². The van der Waals surface area contributed by atoms with E-state index in [1.54, 1.807) is 11.8 Å². The van der Waals surface area contributed by atoms with E-state index in [2.05, 4.69) is 31.2 Å². The monoisotopic (exact) mass is 321 g/mol. The fourth-order valence-electron chi connectivity index (χ4n) is 2.94. The zero-order chi connectivity index (χ0) is 15.4. The average molecular weight is 321 g/mol. The van der Waals surface area contributed by atoms with E-state index in [1.807, 2.05) is 4.90 Å². The number of aryl methyl sites for hydroxylation is 1. The van der Waals surface area contributed by atoms with Crippen LogP contribution in [0.1, 0.15) is 18.4 Å². The fourth-order valence-corrected chi connectivity index (χ4v) is 3.74. The van der Waals surface area contributed by atoms with Crippen LogP contribution in [0, 0.1) is 12.8 Å². The number of benzene rings is 1. The molecular weight excluding hydrogens is 298 g/mol. The van der Waals surface area contributed by atoms with Gasteiger partial charge in [0.2, 0.25) is 5.91 Å². The van der Waals surface area contributed by atoms with Crippen molar-refractivity contribution in [1.29, 1.82) is 0 Å². The molecule has 4 nitrogen and oxygen atoms in total. The number of hydrogen-bond donors (Lipinski definition) is 0. The van der Waals surface area contributed by atoms with Gasteiger partial charge in [-0.05, 0) is 31.9 Å². The molecule has 2 aliphatic rings. The first-order valence-electron chi connectivity index (χ1n) is 7.93. The summed E-state index contributed by atoms with van der Waals surface area (Å²) in [6, 6.07) is 8.32. The molecule has 0 unspecified atom stereocenters. The first-order valence-corrected chi connectivity index (χ1v) is 8.91. The maximum absolute atomic E-state index is 12.3. The highest BCUT2D eigenvalue weighted by molar-refractivity contribution is 8.00. The highest BCUT2D eigenvalue weighted by Gasteiger charge is 2.31. The Kier molecular flexibility index (Phi) is 5.39. The second-order valence-electron chi connectivity index (χ2n) is 5.93. The van der Waals surface area contributed by atoms with Crippen molar-refractivity contribution in [2.75, 3.05) is 32.1 Å². The summed E-state index contributed by atoms with van der Waals surface area (Å²) in [6.45, 7) is 5.12. The van der Waals surface area contributed by atoms with Crippen molar-refractivity contribution in [2.24, 2.45) is 5.92 Å². The first kappa shape index (κ1) is 15.8. The minimum absolute atomic E-state index is 0.0424. The van der Waals surface area contributed by atoms with Gasteiger partial charge in [-0.2, -0.15) is 0 Å². The normalized spacial score (nSPS) is 20.5. The van der Waals surface area contributed by atoms with E-state index in [9.17, 15) is 4.79 Å². The number of carbonyl (C=O) groups excluding carboxylic acids is 1. The number of amides is 1. The maximum atomic E-state index is 12.3. The van der Waals surface area contributed by atoms with E-state index in [4.69, 9.17) is 9.47 Å². The number of carbonyl (C=O) groups is 1. The Labute approximate surface area is 136 Å². The van der Waals surface area contributed by atoms with Gasteiger partial charge in [0.15, 0.2) is 6.29 Å². The lowest BCUT2D eigenvalue weighted by Gasteiger charge is -2.33. The number of ether oxygens (including phenoxy) is 2. The summed E-state index contributed by atoms with van der Waals surface area (Å²) >= 11 is 1.62. The zero-order valence-electron chi connectivity index (χ0n) is 13.0. The van der Waals surface area contributed by atoms with Crippen LogP contribution in [-0.2, 0) is 14.3 Å². The third-order valence-corrected chi connectivity index (χ3v) is 5.30. The van der Waals surface area contributed by atoms with Crippen LogP contribution in [0.3, 0.4) is 0 Å². The van der Waals surface area contributed by atoms with Crippen molar-refractivity contribution in [3.05, 3.63) is 29.8 Å². The van der Waals surface area contributed by atoms with E-state index in [-0.39, 0.29) is 12.2 Å². The van der Waals surface area contributed by atoms with Gasteiger partial charge in [0, 0.05) is 23.9 Å². The Morgan fingerprint density at radius 2 is 1.82 bits per heavy atom. The quantitative estimate of drug-likeness (QED) is 0.799. The first-order chi connectivity index (χ1) is 10.7. The van der Waals surface area contributed by atoms with E-state index in [0.29, 0.717) is 24.9 Å². The largest absolute Gasteiger partial charge is 0.350 e. The number of nitrogens with zero attached hydrogens (tertiary/aromatic N) is 1. The summed E-state index contributed by atoms with van der Waals surface area (Å²) in [5.41, 5.74) is 1.24. The third kappa shape index (κ3) is 4.03. The minimum Gasteiger partial charge on any atom is -0.350 e. The molecule has 0 atom stereocenters. The van der Waals surface area contributed by atoms with Crippen LogP contribution >= 0.6 is 11.8 Å². The lowest BCUT2D eigenvalue weighted by atomic mass is 9.96. The molecule has 0 saturated carbocycles. The molecule has 0 radical (unpaired) electrons. The van der Waals surface area contributed by atoms with Gasteiger partial charge >= 0.3 is 0 Å². The molecule has 0 spiro atoms. The molecule has 1 aromatic rings. The molecule has 2 fully saturated rings. The molecule has 0 aromatic heterocycles. The Hall–Kier alpha value is -1.04. The van der Waals surface area contributed by atoms with Crippen LogP contribution in [-0.4, -0.2) is 49.2 Å². The fraction of sp³-hybridized carbons (Fsp3) is 0.588. The smallest absolute Gasteiger partial charge is 0.232 e.